The number of aliphatic hydroxyl groups is 1. The van der Waals surface area contributed by atoms with Gasteiger partial charge < -0.3 is 15.3 Å². The molecule has 26 heavy (non-hydrogen) atoms. The standard InChI is InChI=1S/C21H23N3O2/c22-12-16-4-1-5-17(10-16)13-23-20-8-2-7-19(11-20)21(26)24-9-3-6-18(14-24)15-25/h1-2,4-5,7-8,10-11,18,23,25H,3,6,9,13-15H2/t18-/m1/s1. The molecule has 1 saturated heterocycles. The van der Waals surface area contributed by atoms with E-state index < -0.39 is 0 Å². The van der Waals surface area contributed by atoms with Gasteiger partial charge in [-0.25, -0.2) is 0 Å². The minimum Gasteiger partial charge on any atom is -0.396 e. The van der Waals surface area contributed by atoms with E-state index in [1.807, 2.05) is 47.4 Å². The van der Waals surface area contributed by atoms with Gasteiger partial charge >= 0.3 is 0 Å². The van der Waals surface area contributed by atoms with Gasteiger partial charge in [0.2, 0.25) is 0 Å². The molecule has 2 N–H and O–H groups in total. The summed E-state index contributed by atoms with van der Waals surface area (Å²) in [6.07, 6.45) is 1.91. The van der Waals surface area contributed by atoms with Crippen molar-refractivity contribution in [1.82, 2.24) is 4.90 Å². The quantitative estimate of drug-likeness (QED) is 0.870. The number of piperidine rings is 1. The summed E-state index contributed by atoms with van der Waals surface area (Å²) >= 11 is 0. The maximum atomic E-state index is 12.8. The summed E-state index contributed by atoms with van der Waals surface area (Å²) in [6, 6.07) is 17.1. The highest BCUT2D eigenvalue weighted by molar-refractivity contribution is 5.95. The summed E-state index contributed by atoms with van der Waals surface area (Å²) in [5.74, 6) is 0.194. The fourth-order valence-electron chi connectivity index (χ4n) is 3.30. The van der Waals surface area contributed by atoms with Crippen LogP contribution in [0, 0.1) is 17.2 Å². The van der Waals surface area contributed by atoms with Crippen LogP contribution < -0.4 is 5.32 Å². The van der Waals surface area contributed by atoms with Crippen molar-refractivity contribution < 1.29 is 9.90 Å². The van der Waals surface area contributed by atoms with E-state index in [0.29, 0.717) is 24.2 Å². The number of rotatable bonds is 5. The fraction of sp³-hybridized carbons (Fsp3) is 0.333. The number of likely N-dealkylation sites (tertiary alicyclic amines) is 1. The molecular weight excluding hydrogens is 326 g/mol. The van der Waals surface area contributed by atoms with Gasteiger partial charge in [-0.05, 0) is 54.7 Å². The molecule has 1 fully saturated rings. The van der Waals surface area contributed by atoms with Gasteiger partial charge in [-0.2, -0.15) is 5.26 Å². The van der Waals surface area contributed by atoms with E-state index in [9.17, 15) is 9.90 Å². The Morgan fingerprint density at radius 3 is 2.92 bits per heavy atom. The first-order valence-electron chi connectivity index (χ1n) is 8.92. The first-order valence-corrected chi connectivity index (χ1v) is 8.92. The smallest absolute Gasteiger partial charge is 0.253 e. The normalized spacial score (nSPS) is 16.8. The predicted octanol–water partition coefficient (Wildman–Crippen LogP) is 3.01. The van der Waals surface area contributed by atoms with Crippen molar-refractivity contribution in [3.63, 3.8) is 0 Å². The molecule has 1 amide bonds. The lowest BCUT2D eigenvalue weighted by molar-refractivity contribution is 0.0621. The summed E-state index contributed by atoms with van der Waals surface area (Å²) in [5.41, 5.74) is 3.17. The first kappa shape index (κ1) is 18.0. The third kappa shape index (κ3) is 4.41. The molecule has 1 heterocycles. The van der Waals surface area contributed by atoms with Gasteiger partial charge in [0.15, 0.2) is 0 Å². The van der Waals surface area contributed by atoms with Gasteiger partial charge in [0.05, 0.1) is 11.6 Å². The topological polar surface area (TPSA) is 76.4 Å². The minimum absolute atomic E-state index is 0.0123. The number of benzene rings is 2. The van der Waals surface area contributed by atoms with Crippen molar-refractivity contribution in [2.45, 2.75) is 19.4 Å². The van der Waals surface area contributed by atoms with Crippen LogP contribution in [0.1, 0.15) is 34.3 Å². The number of carbonyl (C=O) groups excluding carboxylic acids is 1. The number of aliphatic hydroxyl groups excluding tert-OH is 1. The van der Waals surface area contributed by atoms with Crippen LogP contribution in [0.25, 0.3) is 0 Å². The van der Waals surface area contributed by atoms with Crippen molar-refractivity contribution in [3.8, 4) is 6.07 Å². The molecule has 3 rings (SSSR count). The zero-order chi connectivity index (χ0) is 18.4. The minimum atomic E-state index is 0.0123. The van der Waals surface area contributed by atoms with Crippen LogP contribution in [0.2, 0.25) is 0 Å². The second-order valence-corrected chi connectivity index (χ2v) is 6.69. The molecule has 2 aromatic carbocycles. The third-order valence-electron chi connectivity index (χ3n) is 4.73. The fourth-order valence-corrected chi connectivity index (χ4v) is 3.30. The highest BCUT2D eigenvalue weighted by Gasteiger charge is 2.24. The van der Waals surface area contributed by atoms with Gasteiger partial charge in [0.25, 0.3) is 5.91 Å². The zero-order valence-electron chi connectivity index (χ0n) is 14.7. The van der Waals surface area contributed by atoms with Crippen molar-refractivity contribution in [2.75, 3.05) is 25.0 Å². The Bertz CT molecular complexity index is 813. The van der Waals surface area contributed by atoms with E-state index in [1.165, 1.54) is 0 Å². The number of carbonyl (C=O) groups is 1. The van der Waals surface area contributed by atoms with Crippen LogP contribution in [0.15, 0.2) is 48.5 Å². The molecule has 0 saturated carbocycles. The third-order valence-corrected chi connectivity index (χ3v) is 4.73. The number of hydrogen-bond acceptors (Lipinski definition) is 4. The highest BCUT2D eigenvalue weighted by atomic mass is 16.3. The van der Waals surface area contributed by atoms with Gasteiger partial charge in [-0.1, -0.05) is 18.2 Å². The Balaban J connectivity index is 1.66. The van der Waals surface area contributed by atoms with Gasteiger partial charge in [0.1, 0.15) is 0 Å². The van der Waals surface area contributed by atoms with Crippen LogP contribution in [-0.2, 0) is 6.54 Å². The number of hydrogen-bond donors (Lipinski definition) is 2. The van der Waals surface area contributed by atoms with E-state index >= 15 is 0 Å². The molecule has 2 aromatic rings. The molecule has 0 aromatic heterocycles. The molecule has 5 nitrogen and oxygen atoms in total. The van der Waals surface area contributed by atoms with Crippen molar-refractivity contribution >= 4 is 11.6 Å². The number of nitriles is 1. The second-order valence-electron chi connectivity index (χ2n) is 6.69. The van der Waals surface area contributed by atoms with E-state index in [-0.39, 0.29) is 18.4 Å². The van der Waals surface area contributed by atoms with E-state index in [4.69, 9.17) is 5.26 Å². The molecule has 0 unspecified atom stereocenters. The summed E-state index contributed by atoms with van der Waals surface area (Å²) in [5, 5.41) is 21.6. The molecule has 1 atom stereocenters. The molecule has 5 heteroatoms. The first-order chi connectivity index (χ1) is 12.7. The van der Waals surface area contributed by atoms with Crippen molar-refractivity contribution in [1.29, 1.82) is 5.26 Å². The number of anilines is 1. The maximum absolute atomic E-state index is 12.8. The van der Waals surface area contributed by atoms with Crippen LogP contribution in [0.5, 0.6) is 0 Å². The molecule has 1 aliphatic rings. The number of nitrogens with one attached hydrogen (secondary N) is 1. The monoisotopic (exact) mass is 349 g/mol. The van der Waals surface area contributed by atoms with Crippen LogP contribution >= 0.6 is 0 Å². The summed E-state index contributed by atoms with van der Waals surface area (Å²) < 4.78 is 0. The summed E-state index contributed by atoms with van der Waals surface area (Å²) in [6.45, 7) is 2.08. The van der Waals surface area contributed by atoms with Crippen molar-refractivity contribution in [3.05, 3.63) is 65.2 Å². The molecule has 0 spiro atoms. The lowest BCUT2D eigenvalue weighted by Gasteiger charge is -2.32. The molecule has 0 aliphatic carbocycles. The predicted molar refractivity (Wildman–Crippen MR) is 101 cm³/mol. The highest BCUT2D eigenvalue weighted by Crippen LogP contribution is 2.20. The Morgan fingerprint density at radius 1 is 1.27 bits per heavy atom. The van der Waals surface area contributed by atoms with Gasteiger partial charge in [-0.3, -0.25) is 4.79 Å². The van der Waals surface area contributed by atoms with Crippen LogP contribution in [0.4, 0.5) is 5.69 Å². The molecular formula is C21H23N3O2. The number of amides is 1. The van der Waals surface area contributed by atoms with E-state index in [1.54, 1.807) is 6.07 Å². The SMILES string of the molecule is N#Cc1cccc(CNc2cccc(C(=O)N3CCC[C@@H](CO)C3)c2)c1. The van der Waals surface area contributed by atoms with Crippen LogP contribution in [-0.4, -0.2) is 35.6 Å². The lowest BCUT2D eigenvalue weighted by atomic mass is 9.98. The molecule has 0 radical (unpaired) electrons. The van der Waals surface area contributed by atoms with Crippen LogP contribution in [0.3, 0.4) is 0 Å². The van der Waals surface area contributed by atoms with Crippen molar-refractivity contribution in [2.24, 2.45) is 5.92 Å². The summed E-state index contributed by atoms with van der Waals surface area (Å²) in [7, 11) is 0. The van der Waals surface area contributed by atoms with E-state index in [0.717, 1.165) is 30.6 Å². The molecule has 1 aliphatic heterocycles. The van der Waals surface area contributed by atoms with E-state index in [2.05, 4.69) is 11.4 Å². The molecule has 134 valence electrons. The molecule has 0 bridgehead atoms. The Hall–Kier alpha value is -2.84. The second kappa shape index (κ2) is 8.50. The van der Waals surface area contributed by atoms with Gasteiger partial charge in [0, 0.05) is 37.5 Å². The Kier molecular flexibility index (Phi) is 5.88. The van der Waals surface area contributed by atoms with Gasteiger partial charge in [-0.15, -0.1) is 0 Å². The Morgan fingerprint density at radius 2 is 2.12 bits per heavy atom. The lowest BCUT2D eigenvalue weighted by Crippen LogP contribution is -2.40. The average Bonchev–Trinajstić information content (AvgIpc) is 2.72. The maximum Gasteiger partial charge on any atom is 0.253 e. The number of nitrogens with zero attached hydrogens (tertiary/aromatic N) is 2. The Labute approximate surface area is 153 Å². The largest absolute Gasteiger partial charge is 0.396 e. The zero-order valence-corrected chi connectivity index (χ0v) is 14.7. The summed E-state index contributed by atoms with van der Waals surface area (Å²) in [4.78, 5) is 14.6. The average molecular weight is 349 g/mol.